The van der Waals surface area contributed by atoms with E-state index in [1.54, 1.807) is 12.1 Å². The Morgan fingerprint density at radius 3 is 2.78 bits per heavy atom. The van der Waals surface area contributed by atoms with Crippen molar-refractivity contribution >= 4 is 17.4 Å². The summed E-state index contributed by atoms with van der Waals surface area (Å²) in [5.41, 5.74) is 7.56. The normalized spacial score (nSPS) is 21.9. The van der Waals surface area contributed by atoms with E-state index < -0.39 is 0 Å². The summed E-state index contributed by atoms with van der Waals surface area (Å²) >= 11 is 6.17. The van der Waals surface area contributed by atoms with E-state index in [-0.39, 0.29) is 5.84 Å². The van der Waals surface area contributed by atoms with Crippen molar-refractivity contribution in [2.24, 2.45) is 16.3 Å². The van der Waals surface area contributed by atoms with Crippen molar-refractivity contribution < 1.29 is 5.21 Å². The molecule has 0 radical (unpaired) electrons. The second-order valence-corrected chi connectivity index (χ2v) is 5.82. The summed E-state index contributed by atoms with van der Waals surface area (Å²) in [6.45, 7) is 5.23. The van der Waals surface area contributed by atoms with Gasteiger partial charge in [0.2, 0.25) is 0 Å². The molecular formula is C13H18ClN3O. The molecule has 0 aliphatic heterocycles. The third-order valence-electron chi connectivity index (χ3n) is 3.51. The molecule has 4 nitrogen and oxygen atoms in total. The molecule has 1 aromatic carbocycles. The van der Waals surface area contributed by atoms with Crippen LogP contribution in [0.25, 0.3) is 0 Å². The average Bonchev–Trinajstić information content (AvgIpc) is 2.94. The topological polar surface area (TPSA) is 70.6 Å². The number of halogens is 1. The number of benzene rings is 1. The highest BCUT2D eigenvalue weighted by Crippen LogP contribution is 2.44. The number of amidine groups is 1. The number of rotatable bonds is 4. The fraction of sp³-hybridized carbons (Fsp3) is 0.462. The molecular weight excluding hydrogens is 250 g/mol. The van der Waals surface area contributed by atoms with Crippen molar-refractivity contribution in [3.05, 3.63) is 34.3 Å². The number of nitrogens with one attached hydrogen (secondary N) is 1. The van der Waals surface area contributed by atoms with Crippen LogP contribution < -0.4 is 11.1 Å². The molecule has 98 valence electrons. The highest BCUT2D eigenvalue weighted by molar-refractivity contribution is 6.31. The van der Waals surface area contributed by atoms with E-state index in [0.717, 1.165) is 12.1 Å². The number of oxime groups is 1. The van der Waals surface area contributed by atoms with Crippen LogP contribution in [0, 0.1) is 5.41 Å². The van der Waals surface area contributed by atoms with E-state index in [1.165, 1.54) is 6.42 Å². The zero-order valence-corrected chi connectivity index (χ0v) is 11.3. The minimum Gasteiger partial charge on any atom is -0.409 e. The molecule has 0 spiro atoms. The van der Waals surface area contributed by atoms with Gasteiger partial charge in [-0.3, -0.25) is 0 Å². The first-order valence-electron chi connectivity index (χ1n) is 5.94. The Labute approximate surface area is 112 Å². The highest BCUT2D eigenvalue weighted by atomic mass is 35.5. The Morgan fingerprint density at radius 1 is 1.61 bits per heavy atom. The van der Waals surface area contributed by atoms with Crippen LogP contribution in [0.15, 0.2) is 23.4 Å². The van der Waals surface area contributed by atoms with Crippen molar-refractivity contribution in [1.82, 2.24) is 5.32 Å². The summed E-state index contributed by atoms with van der Waals surface area (Å²) in [7, 11) is 0. The van der Waals surface area contributed by atoms with Gasteiger partial charge in [-0.1, -0.05) is 42.7 Å². The quantitative estimate of drug-likeness (QED) is 0.339. The molecule has 18 heavy (non-hydrogen) atoms. The van der Waals surface area contributed by atoms with E-state index in [4.69, 9.17) is 22.5 Å². The molecule has 0 aromatic heterocycles. The number of nitrogens with zero attached hydrogens (tertiary/aromatic N) is 1. The molecule has 1 saturated carbocycles. The van der Waals surface area contributed by atoms with Crippen LogP contribution >= 0.6 is 11.6 Å². The Morgan fingerprint density at radius 2 is 2.28 bits per heavy atom. The van der Waals surface area contributed by atoms with Crippen LogP contribution in [0.4, 0.5) is 0 Å². The lowest BCUT2D eigenvalue weighted by molar-refractivity contribution is 0.318. The van der Waals surface area contributed by atoms with Crippen LogP contribution in [0.3, 0.4) is 0 Å². The lowest BCUT2D eigenvalue weighted by Crippen LogP contribution is -2.20. The third-order valence-corrected chi connectivity index (χ3v) is 3.86. The number of hydrogen-bond acceptors (Lipinski definition) is 3. The van der Waals surface area contributed by atoms with E-state index in [0.29, 0.717) is 22.0 Å². The van der Waals surface area contributed by atoms with Gasteiger partial charge < -0.3 is 16.3 Å². The molecule has 2 rings (SSSR count). The summed E-state index contributed by atoms with van der Waals surface area (Å²) in [4.78, 5) is 0. The largest absolute Gasteiger partial charge is 0.409 e. The van der Waals surface area contributed by atoms with E-state index in [2.05, 4.69) is 24.3 Å². The second kappa shape index (κ2) is 4.78. The van der Waals surface area contributed by atoms with Gasteiger partial charge in [-0.25, -0.2) is 0 Å². The van der Waals surface area contributed by atoms with Crippen molar-refractivity contribution in [2.45, 2.75) is 32.9 Å². The molecule has 5 heteroatoms. The van der Waals surface area contributed by atoms with Gasteiger partial charge in [-0.05, 0) is 23.5 Å². The van der Waals surface area contributed by atoms with Gasteiger partial charge in [0.25, 0.3) is 0 Å². The van der Waals surface area contributed by atoms with Gasteiger partial charge >= 0.3 is 0 Å². The number of nitrogens with two attached hydrogens (primary N) is 1. The zero-order chi connectivity index (χ0) is 13.3. The SMILES string of the molecule is CC1(C)CC1NCc1ccc(/C(N)=N/O)cc1Cl. The van der Waals surface area contributed by atoms with Crippen molar-refractivity contribution in [3.8, 4) is 0 Å². The molecule has 1 aromatic rings. The molecule has 1 fully saturated rings. The minimum absolute atomic E-state index is 0.0692. The van der Waals surface area contributed by atoms with Gasteiger partial charge in [0.15, 0.2) is 5.84 Å². The fourth-order valence-corrected chi connectivity index (χ4v) is 2.20. The lowest BCUT2D eigenvalue weighted by Gasteiger charge is -2.09. The van der Waals surface area contributed by atoms with Crippen molar-refractivity contribution in [2.75, 3.05) is 0 Å². The lowest BCUT2D eigenvalue weighted by atomic mass is 10.1. The van der Waals surface area contributed by atoms with Crippen molar-refractivity contribution in [1.29, 1.82) is 0 Å². The highest BCUT2D eigenvalue weighted by Gasteiger charge is 2.44. The molecule has 0 heterocycles. The summed E-state index contributed by atoms with van der Waals surface area (Å²) < 4.78 is 0. The monoisotopic (exact) mass is 267 g/mol. The summed E-state index contributed by atoms with van der Waals surface area (Å²) in [5.74, 6) is 0.0692. The van der Waals surface area contributed by atoms with E-state index in [1.807, 2.05) is 6.07 Å². The van der Waals surface area contributed by atoms with Crippen LogP contribution in [0.1, 0.15) is 31.4 Å². The Balaban J connectivity index is 2.02. The molecule has 0 saturated heterocycles. The Kier molecular flexibility index (Phi) is 3.50. The molecule has 1 atom stereocenters. The number of hydrogen-bond donors (Lipinski definition) is 3. The smallest absolute Gasteiger partial charge is 0.170 e. The molecule has 1 aliphatic carbocycles. The van der Waals surface area contributed by atoms with Gasteiger partial charge in [-0.2, -0.15) is 0 Å². The zero-order valence-electron chi connectivity index (χ0n) is 10.6. The third kappa shape index (κ3) is 2.76. The van der Waals surface area contributed by atoms with Gasteiger partial charge in [0.05, 0.1) is 0 Å². The Bertz CT molecular complexity index is 485. The predicted octanol–water partition coefficient (Wildman–Crippen LogP) is 2.32. The van der Waals surface area contributed by atoms with Gasteiger partial charge in [0, 0.05) is 23.2 Å². The minimum atomic E-state index is 0.0692. The first-order chi connectivity index (χ1) is 8.44. The summed E-state index contributed by atoms with van der Waals surface area (Å²) in [5, 5.41) is 15.7. The maximum Gasteiger partial charge on any atom is 0.170 e. The van der Waals surface area contributed by atoms with Crippen molar-refractivity contribution in [3.63, 3.8) is 0 Å². The maximum atomic E-state index is 8.60. The standard InChI is InChI=1S/C13H18ClN3O/c1-13(2)6-11(13)16-7-9-4-3-8(5-10(9)14)12(15)17-18/h3-5,11,16,18H,6-7H2,1-2H3,(H2,15,17). The molecule has 4 N–H and O–H groups in total. The van der Waals surface area contributed by atoms with Crippen LogP contribution in [-0.2, 0) is 6.54 Å². The van der Waals surface area contributed by atoms with Gasteiger partial charge in [-0.15, -0.1) is 0 Å². The Hall–Kier alpha value is -1.26. The average molecular weight is 268 g/mol. The first kappa shape index (κ1) is 13.2. The molecule has 0 bridgehead atoms. The molecule has 1 aliphatic rings. The van der Waals surface area contributed by atoms with Crippen LogP contribution in [-0.4, -0.2) is 17.1 Å². The van der Waals surface area contributed by atoms with Crippen LogP contribution in [0.2, 0.25) is 5.02 Å². The fourth-order valence-electron chi connectivity index (χ4n) is 1.96. The van der Waals surface area contributed by atoms with E-state index in [9.17, 15) is 0 Å². The maximum absolute atomic E-state index is 8.60. The van der Waals surface area contributed by atoms with Crippen LogP contribution in [0.5, 0.6) is 0 Å². The first-order valence-corrected chi connectivity index (χ1v) is 6.31. The predicted molar refractivity (Wildman–Crippen MR) is 73.0 cm³/mol. The summed E-state index contributed by atoms with van der Waals surface area (Å²) in [6, 6.07) is 5.98. The molecule has 0 amide bonds. The second-order valence-electron chi connectivity index (χ2n) is 5.42. The molecule has 1 unspecified atom stereocenters. The summed E-state index contributed by atoms with van der Waals surface area (Å²) in [6.07, 6.45) is 1.20. The van der Waals surface area contributed by atoms with E-state index >= 15 is 0 Å². The van der Waals surface area contributed by atoms with Gasteiger partial charge in [0.1, 0.15) is 0 Å².